The zero-order chi connectivity index (χ0) is 19.8. The van der Waals surface area contributed by atoms with Crippen molar-refractivity contribution in [3.8, 4) is 5.75 Å². The van der Waals surface area contributed by atoms with Gasteiger partial charge in [0.25, 0.3) is 0 Å². The summed E-state index contributed by atoms with van der Waals surface area (Å²) in [6.45, 7) is 7.28. The largest absolute Gasteiger partial charge is 0.697 e. The van der Waals surface area contributed by atoms with Crippen molar-refractivity contribution in [2.24, 2.45) is 0 Å². The van der Waals surface area contributed by atoms with Gasteiger partial charge in [0.1, 0.15) is 19.0 Å². The average molecular weight is 409 g/mol. The highest BCUT2D eigenvalue weighted by Crippen LogP contribution is 2.39. The number of ether oxygens (including phenoxy) is 1. The molecule has 0 radical (unpaired) electrons. The van der Waals surface area contributed by atoms with E-state index in [2.05, 4.69) is 16.0 Å². The van der Waals surface area contributed by atoms with E-state index in [0.29, 0.717) is 25.4 Å². The van der Waals surface area contributed by atoms with E-state index in [1.54, 1.807) is 38.1 Å². The van der Waals surface area contributed by atoms with Gasteiger partial charge in [-0.1, -0.05) is 38.3 Å². The predicted octanol–water partition coefficient (Wildman–Crippen LogP) is 5.04. The number of hydrogen-bond donors (Lipinski definition) is 2. The zero-order valence-corrected chi connectivity index (χ0v) is 17.6. The van der Waals surface area contributed by atoms with Crippen molar-refractivity contribution in [3.63, 3.8) is 0 Å². The van der Waals surface area contributed by atoms with Gasteiger partial charge in [0.05, 0.1) is 12.8 Å². The van der Waals surface area contributed by atoms with Crippen molar-refractivity contribution in [1.29, 1.82) is 0 Å². The predicted molar refractivity (Wildman–Crippen MR) is 103 cm³/mol. The maximum Gasteiger partial charge on any atom is 0.697 e. The first-order valence-electron chi connectivity index (χ1n) is 8.81. The van der Waals surface area contributed by atoms with Crippen molar-refractivity contribution in [2.45, 2.75) is 52.6 Å². The van der Waals surface area contributed by atoms with Crippen LogP contribution in [0.4, 0.5) is 0 Å². The molecule has 0 aliphatic heterocycles. The normalized spacial score (nSPS) is 10.8. The van der Waals surface area contributed by atoms with E-state index < -0.39 is 15.9 Å². The number of unbranched alkanes of at least 4 members (excludes halogenated alkanes) is 3. The molecule has 0 aromatic heterocycles. The molecule has 0 atom stereocenters. The van der Waals surface area contributed by atoms with Gasteiger partial charge in [-0.2, -0.15) is 0 Å². The molecule has 1 aromatic rings. The molecule has 0 saturated heterocycles. The lowest BCUT2D eigenvalue weighted by Gasteiger charge is -2.07. The van der Waals surface area contributed by atoms with E-state index in [9.17, 15) is 9.13 Å². The minimum atomic E-state index is -3.98. The van der Waals surface area contributed by atoms with Gasteiger partial charge in [-0.3, -0.25) is 4.57 Å². The summed E-state index contributed by atoms with van der Waals surface area (Å²) < 4.78 is 35.9. The molecule has 0 amide bonds. The molecule has 0 aliphatic carbocycles. The topological polar surface area (TPSA) is 102 Å². The maximum absolute atomic E-state index is 10.8. The molecule has 0 heterocycles. The molecule has 0 unspecified atom stereocenters. The maximum atomic E-state index is 10.8. The first kappa shape index (κ1) is 25.2. The van der Waals surface area contributed by atoms with E-state index in [1.165, 1.54) is 19.3 Å². The second-order valence-corrected chi connectivity index (χ2v) is 8.04. The minimum absolute atomic E-state index is 0.218. The van der Waals surface area contributed by atoms with Crippen LogP contribution in [0.3, 0.4) is 0 Å². The summed E-state index contributed by atoms with van der Waals surface area (Å²) in [4.78, 5) is 17.7. The summed E-state index contributed by atoms with van der Waals surface area (Å²) in [6, 6.07) is 6.90. The zero-order valence-electron chi connectivity index (χ0n) is 15.8. The lowest BCUT2D eigenvalue weighted by molar-refractivity contribution is 0.243. The highest BCUT2D eigenvalue weighted by Gasteiger charge is 2.16. The molecule has 0 aliphatic rings. The molecule has 0 spiro atoms. The van der Waals surface area contributed by atoms with Gasteiger partial charge >= 0.3 is 15.9 Å². The van der Waals surface area contributed by atoms with Crippen LogP contribution < -0.4 is 4.74 Å². The molecular formula is C17H31O7P2+. The lowest BCUT2D eigenvalue weighted by atomic mass is 10.2. The molecule has 1 rings (SSSR count). The Morgan fingerprint density at radius 2 is 1.54 bits per heavy atom. The highest BCUT2D eigenvalue weighted by molar-refractivity contribution is 7.50. The number of hydrogen-bond acceptors (Lipinski definition) is 5. The fraction of sp³-hybridized carbons (Fsp3) is 0.647. The Bertz CT molecular complexity index is 520. The fourth-order valence-corrected chi connectivity index (χ4v) is 3.08. The van der Waals surface area contributed by atoms with Gasteiger partial charge in [-0.15, -0.1) is 9.05 Å². The van der Waals surface area contributed by atoms with E-state index in [-0.39, 0.29) is 6.16 Å². The van der Waals surface area contributed by atoms with Crippen LogP contribution in [0.15, 0.2) is 24.3 Å². The van der Waals surface area contributed by atoms with Crippen molar-refractivity contribution in [1.82, 2.24) is 0 Å². The Kier molecular flexibility index (Phi) is 14.8. The van der Waals surface area contributed by atoms with Crippen molar-refractivity contribution < 1.29 is 32.7 Å². The van der Waals surface area contributed by atoms with E-state index in [0.717, 1.165) is 12.2 Å². The highest BCUT2D eigenvalue weighted by atomic mass is 31.2. The Labute approximate surface area is 157 Å². The summed E-state index contributed by atoms with van der Waals surface area (Å²) >= 11 is 0. The van der Waals surface area contributed by atoms with Crippen LogP contribution in [-0.4, -0.2) is 29.6 Å². The second-order valence-electron chi connectivity index (χ2n) is 5.44. The molecule has 26 heavy (non-hydrogen) atoms. The van der Waals surface area contributed by atoms with Crippen LogP contribution in [-0.2, 0) is 24.3 Å². The van der Waals surface area contributed by atoms with Gasteiger partial charge in [0.2, 0.25) is 0 Å². The molecule has 0 bridgehead atoms. The monoisotopic (exact) mass is 409 g/mol. The van der Waals surface area contributed by atoms with Gasteiger partial charge in [0.15, 0.2) is 0 Å². The summed E-state index contributed by atoms with van der Waals surface area (Å²) in [5.74, 6) is 0.751. The molecular weight excluding hydrogens is 378 g/mol. The van der Waals surface area contributed by atoms with Crippen LogP contribution >= 0.6 is 15.9 Å². The van der Waals surface area contributed by atoms with Crippen LogP contribution in [0.25, 0.3) is 0 Å². The van der Waals surface area contributed by atoms with E-state index >= 15 is 0 Å². The Morgan fingerprint density at radius 3 is 2.00 bits per heavy atom. The van der Waals surface area contributed by atoms with Gasteiger partial charge in [-0.05, 0) is 38.0 Å². The number of benzene rings is 1. The number of rotatable bonds is 12. The SMILES string of the molecule is CCCCCCOc1ccc(CP(=O)(O)O)cc1.CCO[P+](=O)OCC. The fourth-order valence-electron chi connectivity index (χ4n) is 1.90. The van der Waals surface area contributed by atoms with Crippen molar-refractivity contribution in [2.75, 3.05) is 19.8 Å². The Balaban J connectivity index is 0.000000660. The van der Waals surface area contributed by atoms with Crippen LogP contribution in [0.5, 0.6) is 5.75 Å². The third kappa shape index (κ3) is 15.4. The smallest absolute Gasteiger partial charge is 0.494 e. The van der Waals surface area contributed by atoms with Crippen LogP contribution in [0.2, 0.25) is 0 Å². The summed E-state index contributed by atoms with van der Waals surface area (Å²) in [5, 5.41) is 0. The Morgan fingerprint density at radius 1 is 0.962 bits per heavy atom. The van der Waals surface area contributed by atoms with Gasteiger partial charge in [-0.25, -0.2) is 0 Å². The summed E-state index contributed by atoms with van der Waals surface area (Å²) in [5.41, 5.74) is 0.627. The summed E-state index contributed by atoms with van der Waals surface area (Å²) in [6.07, 6.45) is 4.43. The molecule has 1 aromatic carbocycles. The minimum Gasteiger partial charge on any atom is -0.494 e. The quantitative estimate of drug-likeness (QED) is 0.368. The molecule has 9 heteroatoms. The first-order valence-corrected chi connectivity index (χ1v) is 11.7. The third-order valence-corrected chi connectivity index (χ3v) is 4.76. The van der Waals surface area contributed by atoms with Crippen molar-refractivity contribution in [3.05, 3.63) is 29.8 Å². The summed E-state index contributed by atoms with van der Waals surface area (Å²) in [7, 11) is -5.81. The van der Waals surface area contributed by atoms with E-state index in [4.69, 9.17) is 14.5 Å². The molecule has 7 nitrogen and oxygen atoms in total. The van der Waals surface area contributed by atoms with Crippen LogP contribution in [0.1, 0.15) is 52.0 Å². The van der Waals surface area contributed by atoms with Crippen LogP contribution in [0, 0.1) is 0 Å². The molecule has 0 saturated carbocycles. The standard InChI is InChI=1S/C13H21O4P.C4H10O3P/c1-2-3-4-5-10-17-13-8-6-12(7-9-13)11-18(14,15)16;1-3-6-8(5)7-4-2/h6-9H,2-5,10-11H2,1H3,(H2,14,15,16);3-4H2,1-2H3/q;+1. The Hall–Kier alpha value is -0.810. The van der Waals surface area contributed by atoms with Gasteiger partial charge < -0.3 is 14.5 Å². The van der Waals surface area contributed by atoms with Gasteiger partial charge in [0, 0.05) is 4.57 Å². The molecule has 150 valence electrons. The van der Waals surface area contributed by atoms with E-state index in [1.807, 2.05) is 0 Å². The first-order chi connectivity index (χ1) is 12.3. The van der Waals surface area contributed by atoms with Crippen molar-refractivity contribution >= 4 is 15.9 Å². The second kappa shape index (κ2) is 15.3. The average Bonchev–Trinajstić information content (AvgIpc) is 2.56. The third-order valence-electron chi connectivity index (χ3n) is 3.05. The molecule has 2 N–H and O–H groups in total. The molecule has 0 fully saturated rings. The lowest BCUT2D eigenvalue weighted by Crippen LogP contribution is -1.97.